The molecule has 0 saturated heterocycles. The Morgan fingerprint density at radius 2 is 1.96 bits per heavy atom. The van der Waals surface area contributed by atoms with Crippen molar-refractivity contribution >= 4 is 28.0 Å². The van der Waals surface area contributed by atoms with Gasteiger partial charge in [0, 0.05) is 17.9 Å². The van der Waals surface area contributed by atoms with Crippen LogP contribution in [-0.2, 0) is 4.74 Å². The Hall–Kier alpha value is -2.63. The quantitative estimate of drug-likeness (QED) is 0.417. The third-order valence-corrected chi connectivity index (χ3v) is 5.90. The standard InChI is InChI=1S/C23H24N2O2S/c1-15-8-7-10-19(17(15)3)24-23-25(16(2)13-26-4)20(14-28-23)22-12-18-9-5-6-11-21(18)27-22/h5-12,14,16H,13H2,1-4H3. The lowest BCUT2D eigenvalue weighted by atomic mass is 10.1. The maximum Gasteiger partial charge on any atom is 0.190 e. The minimum absolute atomic E-state index is 0.128. The van der Waals surface area contributed by atoms with Crippen molar-refractivity contribution in [3.63, 3.8) is 0 Å². The van der Waals surface area contributed by atoms with Gasteiger partial charge in [0.2, 0.25) is 0 Å². The van der Waals surface area contributed by atoms with E-state index >= 15 is 0 Å². The zero-order valence-electron chi connectivity index (χ0n) is 16.6. The molecule has 0 bridgehead atoms. The number of benzene rings is 2. The van der Waals surface area contributed by atoms with Crippen LogP contribution in [0.15, 0.2) is 63.3 Å². The third-order valence-electron chi connectivity index (χ3n) is 5.06. The molecule has 4 rings (SSSR count). The molecule has 2 aromatic heterocycles. The van der Waals surface area contributed by atoms with Gasteiger partial charge in [-0.2, -0.15) is 0 Å². The van der Waals surface area contributed by atoms with Crippen LogP contribution in [0.4, 0.5) is 5.69 Å². The SMILES string of the molecule is COCC(C)n1c(-c2cc3ccccc3o2)csc1=Nc1cccc(C)c1C. The molecule has 1 atom stereocenters. The molecule has 4 aromatic rings. The predicted octanol–water partition coefficient (Wildman–Crippen LogP) is 6.02. The molecule has 4 nitrogen and oxygen atoms in total. The Balaban J connectivity index is 1.90. The topological polar surface area (TPSA) is 39.7 Å². The zero-order valence-corrected chi connectivity index (χ0v) is 17.4. The Bertz CT molecular complexity index is 1150. The summed E-state index contributed by atoms with van der Waals surface area (Å²) in [5.41, 5.74) is 5.35. The largest absolute Gasteiger partial charge is 0.454 e. The second-order valence-electron chi connectivity index (χ2n) is 7.06. The summed E-state index contributed by atoms with van der Waals surface area (Å²) in [5.74, 6) is 0.850. The van der Waals surface area contributed by atoms with Crippen LogP contribution in [-0.4, -0.2) is 18.3 Å². The number of thiazole rings is 1. The van der Waals surface area contributed by atoms with Crippen LogP contribution >= 0.6 is 11.3 Å². The minimum atomic E-state index is 0.128. The summed E-state index contributed by atoms with van der Waals surface area (Å²) in [5, 5.41) is 3.22. The normalized spacial score (nSPS) is 13.4. The van der Waals surface area contributed by atoms with E-state index in [0.717, 1.165) is 32.9 Å². The lowest BCUT2D eigenvalue weighted by Gasteiger charge is -2.15. The summed E-state index contributed by atoms with van der Waals surface area (Å²) >= 11 is 1.63. The van der Waals surface area contributed by atoms with Gasteiger partial charge in [-0.25, -0.2) is 4.99 Å². The monoisotopic (exact) mass is 392 g/mol. The number of nitrogens with zero attached hydrogens (tertiary/aromatic N) is 2. The van der Waals surface area contributed by atoms with Gasteiger partial charge in [0.15, 0.2) is 10.6 Å². The summed E-state index contributed by atoms with van der Waals surface area (Å²) < 4.78 is 13.8. The molecule has 0 aliphatic carbocycles. The van der Waals surface area contributed by atoms with Gasteiger partial charge >= 0.3 is 0 Å². The van der Waals surface area contributed by atoms with Gasteiger partial charge < -0.3 is 13.7 Å². The first kappa shape index (κ1) is 18.7. The molecule has 144 valence electrons. The van der Waals surface area contributed by atoms with Crippen LogP contribution in [0.3, 0.4) is 0 Å². The molecule has 5 heteroatoms. The van der Waals surface area contributed by atoms with E-state index in [1.54, 1.807) is 18.4 Å². The molecule has 0 N–H and O–H groups in total. The average Bonchev–Trinajstić information content (AvgIpc) is 3.29. The van der Waals surface area contributed by atoms with Crippen LogP contribution in [0, 0.1) is 13.8 Å². The Morgan fingerprint density at radius 3 is 2.75 bits per heavy atom. The number of ether oxygens (including phenoxy) is 1. The van der Waals surface area contributed by atoms with Crippen LogP contribution in [0.1, 0.15) is 24.1 Å². The molecule has 0 fully saturated rings. The van der Waals surface area contributed by atoms with Gasteiger partial charge in [0.25, 0.3) is 0 Å². The average molecular weight is 393 g/mol. The maximum atomic E-state index is 6.13. The molecule has 1 unspecified atom stereocenters. The highest BCUT2D eigenvalue weighted by atomic mass is 32.1. The number of aromatic nitrogens is 1. The summed E-state index contributed by atoms with van der Waals surface area (Å²) in [7, 11) is 1.73. The van der Waals surface area contributed by atoms with E-state index in [-0.39, 0.29) is 6.04 Å². The van der Waals surface area contributed by atoms with Crippen LogP contribution in [0.2, 0.25) is 0 Å². The number of fused-ring (bicyclic) bond motifs is 1. The van der Waals surface area contributed by atoms with Crippen LogP contribution < -0.4 is 4.80 Å². The van der Waals surface area contributed by atoms with E-state index in [0.29, 0.717) is 6.61 Å². The molecule has 0 saturated carbocycles. The van der Waals surface area contributed by atoms with Crippen molar-refractivity contribution in [2.24, 2.45) is 4.99 Å². The van der Waals surface area contributed by atoms with Crippen molar-refractivity contribution in [1.82, 2.24) is 4.57 Å². The van der Waals surface area contributed by atoms with Crippen LogP contribution in [0.25, 0.3) is 22.4 Å². The fourth-order valence-electron chi connectivity index (χ4n) is 3.39. The molecule has 2 aromatic carbocycles. The number of furan rings is 1. The Labute approximate surface area is 168 Å². The summed E-state index contributed by atoms with van der Waals surface area (Å²) in [6.07, 6.45) is 0. The molecule has 0 spiro atoms. The Morgan fingerprint density at radius 1 is 1.14 bits per heavy atom. The fourth-order valence-corrected chi connectivity index (χ4v) is 4.38. The molecule has 0 radical (unpaired) electrons. The lowest BCUT2D eigenvalue weighted by molar-refractivity contribution is 0.161. The third kappa shape index (κ3) is 3.43. The van der Waals surface area contributed by atoms with E-state index in [1.807, 2.05) is 18.2 Å². The zero-order chi connectivity index (χ0) is 19.7. The predicted molar refractivity (Wildman–Crippen MR) is 115 cm³/mol. The number of hydrogen-bond donors (Lipinski definition) is 0. The summed E-state index contributed by atoms with van der Waals surface area (Å²) in [6, 6.07) is 16.5. The van der Waals surface area contributed by atoms with E-state index in [4.69, 9.17) is 14.1 Å². The molecule has 0 aliphatic rings. The van der Waals surface area contributed by atoms with E-state index in [9.17, 15) is 0 Å². The highest BCUT2D eigenvalue weighted by Gasteiger charge is 2.17. The fraction of sp³-hybridized carbons (Fsp3) is 0.261. The first-order valence-corrected chi connectivity index (χ1v) is 10.3. The van der Waals surface area contributed by atoms with Gasteiger partial charge in [0.1, 0.15) is 5.58 Å². The van der Waals surface area contributed by atoms with Crippen molar-refractivity contribution in [3.8, 4) is 11.5 Å². The molecular formula is C23H24N2O2S. The molecular weight excluding hydrogens is 368 g/mol. The molecule has 0 aliphatic heterocycles. The summed E-state index contributed by atoms with van der Waals surface area (Å²) in [4.78, 5) is 5.93. The second kappa shape index (κ2) is 7.78. The van der Waals surface area contributed by atoms with Gasteiger partial charge in [-0.05, 0) is 50.1 Å². The van der Waals surface area contributed by atoms with E-state index in [2.05, 4.69) is 61.1 Å². The van der Waals surface area contributed by atoms with Crippen molar-refractivity contribution in [2.45, 2.75) is 26.8 Å². The van der Waals surface area contributed by atoms with Crippen molar-refractivity contribution in [3.05, 3.63) is 69.8 Å². The van der Waals surface area contributed by atoms with Gasteiger partial charge in [-0.3, -0.25) is 0 Å². The number of hydrogen-bond acceptors (Lipinski definition) is 4. The van der Waals surface area contributed by atoms with Gasteiger partial charge in [-0.1, -0.05) is 30.3 Å². The first-order valence-electron chi connectivity index (χ1n) is 9.37. The highest BCUT2D eigenvalue weighted by Crippen LogP contribution is 2.30. The first-order chi connectivity index (χ1) is 13.6. The highest BCUT2D eigenvalue weighted by molar-refractivity contribution is 7.07. The number of rotatable bonds is 5. The Kier molecular flexibility index (Phi) is 5.20. The van der Waals surface area contributed by atoms with E-state index < -0.39 is 0 Å². The van der Waals surface area contributed by atoms with Gasteiger partial charge in [-0.15, -0.1) is 11.3 Å². The van der Waals surface area contributed by atoms with Crippen molar-refractivity contribution < 1.29 is 9.15 Å². The number of para-hydroxylation sites is 1. The summed E-state index contributed by atoms with van der Waals surface area (Å²) in [6.45, 7) is 6.98. The number of methoxy groups -OCH3 is 1. The van der Waals surface area contributed by atoms with Gasteiger partial charge in [0.05, 0.1) is 24.0 Å². The molecule has 28 heavy (non-hydrogen) atoms. The smallest absolute Gasteiger partial charge is 0.190 e. The van der Waals surface area contributed by atoms with Crippen molar-refractivity contribution in [2.75, 3.05) is 13.7 Å². The van der Waals surface area contributed by atoms with E-state index in [1.165, 1.54) is 11.1 Å². The molecule has 2 heterocycles. The molecule has 0 amide bonds. The van der Waals surface area contributed by atoms with Crippen LogP contribution in [0.5, 0.6) is 0 Å². The van der Waals surface area contributed by atoms with Crippen molar-refractivity contribution in [1.29, 1.82) is 0 Å². The second-order valence-corrected chi connectivity index (χ2v) is 7.89. The number of aryl methyl sites for hydroxylation is 1. The lowest BCUT2D eigenvalue weighted by Crippen LogP contribution is -2.22. The maximum absolute atomic E-state index is 6.13. The minimum Gasteiger partial charge on any atom is -0.454 e.